The van der Waals surface area contributed by atoms with Crippen molar-refractivity contribution in [3.63, 3.8) is 0 Å². The monoisotopic (exact) mass is 539 g/mol. The summed E-state index contributed by atoms with van der Waals surface area (Å²) < 4.78 is 21.3. The largest absolute Gasteiger partial charge is 0.488 e. The van der Waals surface area contributed by atoms with Crippen LogP contribution >= 0.6 is 11.3 Å². The minimum Gasteiger partial charge on any atom is -0.488 e. The lowest BCUT2D eigenvalue weighted by atomic mass is 9.95. The first-order chi connectivity index (χ1) is 18.4. The lowest BCUT2D eigenvalue weighted by Crippen LogP contribution is -2.30. The van der Waals surface area contributed by atoms with E-state index in [1.165, 1.54) is 23.5 Å². The van der Waals surface area contributed by atoms with Gasteiger partial charge in [0.2, 0.25) is 5.91 Å². The van der Waals surface area contributed by atoms with Crippen molar-refractivity contribution in [3.8, 4) is 5.75 Å². The number of hydrogen-bond donors (Lipinski definition) is 3. The molecule has 1 aliphatic carbocycles. The quantitative estimate of drug-likeness (QED) is 0.312. The fourth-order valence-electron chi connectivity index (χ4n) is 5.30. The predicted octanol–water partition coefficient (Wildman–Crippen LogP) is 5.52. The summed E-state index contributed by atoms with van der Waals surface area (Å²) in [7, 11) is 0. The van der Waals surface area contributed by atoms with Crippen molar-refractivity contribution in [2.75, 3.05) is 25.0 Å². The zero-order valence-corrected chi connectivity index (χ0v) is 22.4. The topological polar surface area (TPSA) is 90.9 Å². The lowest BCUT2D eigenvalue weighted by molar-refractivity contribution is -0.127. The first-order valence-corrected chi connectivity index (χ1v) is 14.2. The Labute approximate surface area is 226 Å². The van der Waals surface area contributed by atoms with Gasteiger partial charge in [-0.2, -0.15) is 0 Å². The summed E-state index contributed by atoms with van der Waals surface area (Å²) in [6.45, 7) is 3.93. The van der Waals surface area contributed by atoms with Crippen LogP contribution in [0.15, 0.2) is 36.4 Å². The minimum absolute atomic E-state index is 0.0710. The van der Waals surface area contributed by atoms with Gasteiger partial charge in [-0.15, -0.1) is 11.3 Å². The molecule has 38 heavy (non-hydrogen) atoms. The van der Waals surface area contributed by atoms with Crippen molar-refractivity contribution in [3.05, 3.63) is 52.7 Å². The maximum atomic E-state index is 14.1. The Morgan fingerprint density at radius 2 is 2.00 bits per heavy atom. The highest BCUT2D eigenvalue weighted by Crippen LogP contribution is 2.39. The van der Waals surface area contributed by atoms with E-state index in [2.05, 4.69) is 10.6 Å². The molecule has 2 aliphatic rings. The van der Waals surface area contributed by atoms with E-state index in [0.29, 0.717) is 48.7 Å². The number of fused-ring (bicyclic) bond motifs is 1. The third kappa shape index (κ3) is 5.94. The Hall–Kier alpha value is -3.17. The number of nitrogens with zero attached hydrogens (tertiary/aromatic N) is 1. The molecular weight excluding hydrogens is 505 g/mol. The molecule has 202 valence electrons. The number of ether oxygens (including phenoxy) is 1. The van der Waals surface area contributed by atoms with Crippen molar-refractivity contribution in [2.45, 2.75) is 64.1 Å². The molecular formula is C29H34FN3O4S. The summed E-state index contributed by atoms with van der Waals surface area (Å²) in [6.07, 6.45) is 4.71. The van der Waals surface area contributed by atoms with Crippen LogP contribution in [0, 0.1) is 12.7 Å². The SMILES string of the molecule is Cc1c(C(=O)NCCCN2CCCC2=O)sc2cccc(Nc3ccc(F)cc3O[C@H]3CC[C@H](O)CC3)c12. The summed E-state index contributed by atoms with van der Waals surface area (Å²) in [5, 5.41) is 17.2. The van der Waals surface area contributed by atoms with Gasteiger partial charge in [0.1, 0.15) is 11.6 Å². The number of carbonyl (C=O) groups is 2. The van der Waals surface area contributed by atoms with E-state index in [4.69, 9.17) is 4.74 Å². The Bertz CT molecular complexity index is 1320. The second-order valence-electron chi connectivity index (χ2n) is 10.1. The zero-order chi connectivity index (χ0) is 26.6. The van der Waals surface area contributed by atoms with Crippen LogP contribution in [0.1, 0.15) is 60.2 Å². The van der Waals surface area contributed by atoms with Crippen LogP contribution in [0.3, 0.4) is 0 Å². The molecule has 5 rings (SSSR count). The molecule has 7 nitrogen and oxygen atoms in total. The van der Waals surface area contributed by atoms with E-state index in [1.54, 1.807) is 6.07 Å². The number of carbonyl (C=O) groups excluding carboxylic acids is 2. The molecule has 1 saturated heterocycles. The predicted molar refractivity (Wildman–Crippen MR) is 148 cm³/mol. The number of aryl methyl sites for hydroxylation is 1. The first-order valence-electron chi connectivity index (χ1n) is 13.4. The van der Waals surface area contributed by atoms with Crippen LogP contribution in [0.2, 0.25) is 0 Å². The second-order valence-corrected chi connectivity index (χ2v) is 11.2. The van der Waals surface area contributed by atoms with Crippen LogP contribution in [0.5, 0.6) is 5.75 Å². The fourth-order valence-corrected chi connectivity index (χ4v) is 6.45. The zero-order valence-electron chi connectivity index (χ0n) is 21.6. The molecule has 3 N–H and O–H groups in total. The number of nitrogens with one attached hydrogen (secondary N) is 2. The van der Waals surface area contributed by atoms with Gasteiger partial charge >= 0.3 is 0 Å². The Morgan fingerprint density at radius 1 is 1.18 bits per heavy atom. The van der Waals surface area contributed by atoms with Gasteiger partial charge in [-0.25, -0.2) is 4.39 Å². The number of anilines is 2. The average Bonchev–Trinajstić information content (AvgIpc) is 3.47. The van der Waals surface area contributed by atoms with E-state index in [-0.39, 0.29) is 29.8 Å². The molecule has 0 bridgehead atoms. The minimum atomic E-state index is -0.376. The summed E-state index contributed by atoms with van der Waals surface area (Å²) in [5.74, 6) is 0.141. The van der Waals surface area contributed by atoms with Crippen LogP contribution in [-0.2, 0) is 4.79 Å². The average molecular weight is 540 g/mol. The molecule has 1 aliphatic heterocycles. The number of likely N-dealkylation sites (tertiary alicyclic amines) is 1. The number of hydrogen-bond acceptors (Lipinski definition) is 6. The number of aliphatic hydroxyl groups excluding tert-OH is 1. The van der Waals surface area contributed by atoms with Crippen molar-refractivity contribution in [2.24, 2.45) is 0 Å². The maximum Gasteiger partial charge on any atom is 0.261 e. The number of benzene rings is 2. The number of thiophene rings is 1. The van der Waals surface area contributed by atoms with Crippen LogP contribution in [0.25, 0.3) is 10.1 Å². The number of amides is 2. The standard InChI is InChI=1S/C29H34FN3O4S/c1-18-27-23(32-22-13-8-19(30)17-24(22)37-21-11-9-20(34)10-12-21)5-2-6-25(27)38-28(18)29(36)31-14-4-16-33-15-3-7-26(33)35/h2,5-6,8,13,17,20-21,32,34H,3-4,7,9-12,14-16H2,1H3,(H,31,36)/t20-,21-. The van der Waals surface area contributed by atoms with Gasteiger partial charge in [-0.1, -0.05) is 6.07 Å². The van der Waals surface area contributed by atoms with Crippen LogP contribution in [-0.4, -0.2) is 53.7 Å². The van der Waals surface area contributed by atoms with Crippen molar-refractivity contribution in [1.82, 2.24) is 10.2 Å². The van der Waals surface area contributed by atoms with Gasteiger partial charge in [0.15, 0.2) is 0 Å². The lowest BCUT2D eigenvalue weighted by Gasteiger charge is -2.27. The molecule has 0 unspecified atom stereocenters. The van der Waals surface area contributed by atoms with Gasteiger partial charge in [0, 0.05) is 47.9 Å². The Morgan fingerprint density at radius 3 is 2.76 bits per heavy atom. The summed E-state index contributed by atoms with van der Waals surface area (Å²) in [5.41, 5.74) is 2.35. The third-order valence-corrected chi connectivity index (χ3v) is 8.63. The van der Waals surface area contributed by atoms with Gasteiger partial charge < -0.3 is 25.4 Å². The Kier molecular flexibility index (Phi) is 8.14. The van der Waals surface area contributed by atoms with E-state index in [9.17, 15) is 19.1 Å². The summed E-state index contributed by atoms with van der Waals surface area (Å²) >= 11 is 1.44. The summed E-state index contributed by atoms with van der Waals surface area (Å²) in [6, 6.07) is 10.3. The Balaban J connectivity index is 1.30. The highest BCUT2D eigenvalue weighted by Gasteiger charge is 2.23. The molecule has 2 amide bonds. The maximum absolute atomic E-state index is 14.1. The number of halogens is 1. The normalized spacial score (nSPS) is 19.7. The highest BCUT2D eigenvalue weighted by molar-refractivity contribution is 7.21. The van der Waals surface area contributed by atoms with Crippen molar-refractivity contribution in [1.29, 1.82) is 0 Å². The van der Waals surface area contributed by atoms with Gasteiger partial charge in [-0.05, 0) is 75.3 Å². The molecule has 0 radical (unpaired) electrons. The van der Waals surface area contributed by atoms with E-state index < -0.39 is 0 Å². The second kappa shape index (κ2) is 11.7. The molecule has 2 fully saturated rings. The molecule has 0 spiro atoms. The van der Waals surface area contributed by atoms with E-state index in [0.717, 1.165) is 53.6 Å². The molecule has 9 heteroatoms. The van der Waals surface area contributed by atoms with Crippen molar-refractivity contribution < 1.29 is 23.8 Å². The molecule has 1 saturated carbocycles. The van der Waals surface area contributed by atoms with Gasteiger partial charge in [0.25, 0.3) is 5.91 Å². The smallest absolute Gasteiger partial charge is 0.261 e. The van der Waals surface area contributed by atoms with Gasteiger partial charge in [0.05, 0.1) is 22.8 Å². The third-order valence-electron chi connectivity index (χ3n) is 7.37. The van der Waals surface area contributed by atoms with Crippen LogP contribution in [0.4, 0.5) is 15.8 Å². The summed E-state index contributed by atoms with van der Waals surface area (Å²) in [4.78, 5) is 27.3. The first kappa shape index (κ1) is 26.4. The molecule has 1 aromatic heterocycles. The van der Waals surface area contributed by atoms with Gasteiger partial charge in [-0.3, -0.25) is 9.59 Å². The van der Waals surface area contributed by atoms with Crippen LogP contribution < -0.4 is 15.4 Å². The van der Waals surface area contributed by atoms with Crippen molar-refractivity contribution >= 4 is 44.6 Å². The molecule has 2 heterocycles. The molecule has 3 aromatic rings. The fraction of sp³-hybridized carbons (Fsp3) is 0.448. The highest BCUT2D eigenvalue weighted by atomic mass is 32.1. The molecule has 2 aromatic carbocycles. The number of rotatable bonds is 9. The molecule has 0 atom stereocenters. The number of aliphatic hydroxyl groups is 1. The van der Waals surface area contributed by atoms with E-state index in [1.807, 2.05) is 30.0 Å². The van der Waals surface area contributed by atoms with E-state index >= 15 is 0 Å².